The van der Waals surface area contributed by atoms with Crippen LogP contribution in [0.4, 0.5) is 5.69 Å². The molecule has 11 nitrogen and oxygen atoms in total. The van der Waals surface area contributed by atoms with Crippen LogP contribution < -0.4 is 29.6 Å². The molecule has 11 heteroatoms. The number of anilines is 1. The largest absolute Gasteiger partial charge is 0.497 e. The van der Waals surface area contributed by atoms with Gasteiger partial charge >= 0.3 is 11.9 Å². The molecular weight excluding hydrogens is 652 g/mol. The Morgan fingerprint density at radius 1 is 0.725 bits per heavy atom. The Morgan fingerprint density at radius 2 is 1.49 bits per heavy atom. The molecule has 0 aliphatic carbocycles. The number of carbonyl (C=O) groups excluding carboxylic acids is 3. The fraction of sp³-hybridized carbons (Fsp3) is 0.300. The van der Waals surface area contributed by atoms with Gasteiger partial charge in [0.1, 0.15) is 17.5 Å². The van der Waals surface area contributed by atoms with Crippen LogP contribution in [-0.4, -0.2) is 55.7 Å². The number of amides is 2. The molecule has 0 heterocycles. The van der Waals surface area contributed by atoms with Crippen LogP contribution in [0.1, 0.15) is 70.9 Å². The van der Waals surface area contributed by atoms with Crippen LogP contribution in [0.5, 0.6) is 23.0 Å². The highest BCUT2D eigenvalue weighted by Crippen LogP contribution is 2.30. The Labute approximate surface area is 297 Å². The molecule has 0 saturated heterocycles. The molecule has 4 aromatic rings. The quantitative estimate of drug-likeness (QED) is 0.0542. The Hall–Kier alpha value is -5.84. The number of carbonyl (C=O) groups is 4. The maximum atomic E-state index is 13.1. The zero-order valence-corrected chi connectivity index (χ0v) is 29.1. The molecule has 0 spiro atoms. The van der Waals surface area contributed by atoms with Gasteiger partial charge in [0.05, 0.1) is 32.8 Å². The third kappa shape index (κ3) is 11.9. The summed E-state index contributed by atoms with van der Waals surface area (Å²) < 4.78 is 22.0. The van der Waals surface area contributed by atoms with Crippen molar-refractivity contribution in [2.45, 2.75) is 57.9 Å². The van der Waals surface area contributed by atoms with Gasteiger partial charge in [0.25, 0.3) is 5.91 Å². The van der Waals surface area contributed by atoms with Gasteiger partial charge in [0.15, 0.2) is 11.5 Å². The highest BCUT2D eigenvalue weighted by atomic mass is 16.6. The van der Waals surface area contributed by atoms with E-state index in [0.717, 1.165) is 18.4 Å². The topological polar surface area (TPSA) is 149 Å². The van der Waals surface area contributed by atoms with Gasteiger partial charge in [-0.15, -0.1) is 0 Å². The predicted molar refractivity (Wildman–Crippen MR) is 193 cm³/mol. The lowest BCUT2D eigenvalue weighted by molar-refractivity contribution is -0.139. The number of carboxylic acid groups (broad SMARTS) is 1. The second-order valence-electron chi connectivity index (χ2n) is 11.9. The molecule has 0 aliphatic rings. The second kappa shape index (κ2) is 19.4. The molecular formula is C40H44N2O9. The van der Waals surface area contributed by atoms with Crippen LogP contribution in [-0.2, 0) is 22.4 Å². The van der Waals surface area contributed by atoms with E-state index in [9.17, 15) is 24.3 Å². The lowest BCUT2D eigenvalue weighted by Gasteiger charge is -2.17. The number of esters is 1. The zero-order chi connectivity index (χ0) is 36.6. The van der Waals surface area contributed by atoms with Crippen molar-refractivity contribution < 1.29 is 43.2 Å². The first-order valence-corrected chi connectivity index (χ1v) is 16.9. The van der Waals surface area contributed by atoms with Gasteiger partial charge in [-0.1, -0.05) is 56.9 Å². The first-order valence-electron chi connectivity index (χ1n) is 16.9. The summed E-state index contributed by atoms with van der Waals surface area (Å²) >= 11 is 0. The van der Waals surface area contributed by atoms with Crippen molar-refractivity contribution in [2.24, 2.45) is 0 Å². The number of hydrogen-bond donors (Lipinski definition) is 3. The van der Waals surface area contributed by atoms with Crippen molar-refractivity contribution in [3.05, 3.63) is 113 Å². The Bertz CT molecular complexity index is 1790. The minimum absolute atomic E-state index is 0.0807. The average Bonchev–Trinajstić information content (AvgIpc) is 3.13. The minimum Gasteiger partial charge on any atom is -0.497 e. The highest BCUT2D eigenvalue weighted by molar-refractivity contribution is 5.99. The summed E-state index contributed by atoms with van der Waals surface area (Å²) in [6.45, 7) is 2.79. The van der Waals surface area contributed by atoms with E-state index in [4.69, 9.17) is 18.9 Å². The molecule has 4 aromatic carbocycles. The predicted octanol–water partition coefficient (Wildman–Crippen LogP) is 6.88. The van der Waals surface area contributed by atoms with E-state index in [1.54, 1.807) is 79.9 Å². The summed E-state index contributed by atoms with van der Waals surface area (Å²) in [5, 5.41) is 15.2. The van der Waals surface area contributed by atoms with Gasteiger partial charge < -0.3 is 34.7 Å². The summed E-state index contributed by atoms with van der Waals surface area (Å²) in [5.74, 6) is -1.09. The van der Waals surface area contributed by atoms with Crippen LogP contribution >= 0.6 is 0 Å². The van der Waals surface area contributed by atoms with E-state index < -0.39 is 23.9 Å². The zero-order valence-electron chi connectivity index (χ0n) is 29.1. The van der Waals surface area contributed by atoms with Crippen molar-refractivity contribution in [3.8, 4) is 23.0 Å². The van der Waals surface area contributed by atoms with Crippen molar-refractivity contribution in [1.29, 1.82) is 0 Å². The fourth-order valence-corrected chi connectivity index (χ4v) is 5.25. The number of unbranched alkanes of at least 4 members (excludes halogenated alkanes) is 4. The van der Waals surface area contributed by atoms with Gasteiger partial charge in [-0.2, -0.15) is 0 Å². The smallest absolute Gasteiger partial charge is 0.343 e. The summed E-state index contributed by atoms with van der Waals surface area (Å²) in [6.07, 6.45) is 5.71. The Kier molecular flexibility index (Phi) is 14.4. The molecule has 268 valence electrons. The van der Waals surface area contributed by atoms with E-state index in [-0.39, 0.29) is 35.8 Å². The third-order valence-electron chi connectivity index (χ3n) is 7.99. The number of aliphatic carboxylic acids is 1. The number of carboxylic acids is 1. The van der Waals surface area contributed by atoms with Crippen molar-refractivity contribution in [1.82, 2.24) is 5.32 Å². The molecule has 1 unspecified atom stereocenters. The number of rotatable bonds is 19. The van der Waals surface area contributed by atoms with E-state index in [1.165, 1.54) is 44.6 Å². The highest BCUT2D eigenvalue weighted by Gasteiger charge is 2.23. The maximum Gasteiger partial charge on any atom is 0.343 e. The minimum atomic E-state index is -1.29. The molecule has 1 atom stereocenters. The van der Waals surface area contributed by atoms with Crippen molar-refractivity contribution >= 4 is 29.4 Å². The molecule has 51 heavy (non-hydrogen) atoms. The molecule has 0 radical (unpaired) electrons. The van der Waals surface area contributed by atoms with Crippen LogP contribution in [0.2, 0.25) is 0 Å². The van der Waals surface area contributed by atoms with E-state index >= 15 is 0 Å². The first-order chi connectivity index (χ1) is 24.7. The van der Waals surface area contributed by atoms with Crippen molar-refractivity contribution in [3.63, 3.8) is 0 Å². The maximum absolute atomic E-state index is 13.1. The first kappa shape index (κ1) is 38.0. The Morgan fingerprint density at radius 3 is 2.22 bits per heavy atom. The number of methoxy groups -OCH3 is 2. The molecule has 0 bridgehead atoms. The van der Waals surface area contributed by atoms with Crippen LogP contribution in [0.25, 0.3) is 0 Å². The molecule has 4 rings (SSSR count). The molecule has 0 aliphatic heterocycles. The SMILES string of the molecule is CCCCCCCOc1ccc(C(=O)Oc2ccc(CC(NC(=O)c3cccc(NC(=O)Cc4cccc(OC)c4)c3)C(=O)O)cc2OC)cc1. The number of benzene rings is 4. The van der Waals surface area contributed by atoms with Crippen LogP contribution in [0.3, 0.4) is 0 Å². The van der Waals surface area contributed by atoms with Gasteiger partial charge in [0.2, 0.25) is 5.91 Å². The van der Waals surface area contributed by atoms with Gasteiger partial charge in [-0.05, 0) is 84.3 Å². The van der Waals surface area contributed by atoms with E-state index in [2.05, 4.69) is 17.6 Å². The average molecular weight is 697 g/mol. The van der Waals surface area contributed by atoms with Crippen LogP contribution in [0, 0.1) is 0 Å². The summed E-state index contributed by atoms with van der Waals surface area (Å²) in [7, 11) is 2.95. The van der Waals surface area contributed by atoms with Gasteiger partial charge in [-0.3, -0.25) is 9.59 Å². The number of ether oxygens (including phenoxy) is 4. The molecule has 0 saturated carbocycles. The van der Waals surface area contributed by atoms with Gasteiger partial charge in [-0.25, -0.2) is 9.59 Å². The van der Waals surface area contributed by atoms with E-state index in [1.807, 2.05) is 0 Å². The Balaban J connectivity index is 1.33. The monoisotopic (exact) mass is 696 g/mol. The molecule has 3 N–H and O–H groups in total. The summed E-state index contributed by atoms with van der Waals surface area (Å²) in [6, 6.07) is 23.4. The lowest BCUT2D eigenvalue weighted by Crippen LogP contribution is -2.42. The van der Waals surface area contributed by atoms with Crippen LogP contribution in [0.15, 0.2) is 91.0 Å². The molecule has 2 amide bonds. The summed E-state index contributed by atoms with van der Waals surface area (Å²) in [5.41, 5.74) is 2.16. The normalized spacial score (nSPS) is 11.2. The lowest BCUT2D eigenvalue weighted by atomic mass is 10.0. The molecule has 0 aromatic heterocycles. The van der Waals surface area contributed by atoms with Gasteiger partial charge in [0, 0.05) is 17.7 Å². The second-order valence-corrected chi connectivity index (χ2v) is 11.9. The number of hydrogen-bond acceptors (Lipinski definition) is 8. The summed E-state index contributed by atoms with van der Waals surface area (Å²) in [4.78, 5) is 50.8. The molecule has 0 fully saturated rings. The van der Waals surface area contributed by atoms with E-state index in [0.29, 0.717) is 34.9 Å². The standard InChI is InChI=1S/C40H44N2O9/c1-4-5-6-7-8-21-50-32-18-16-29(17-19-32)40(47)51-35-20-15-28(24-36(35)49-3)23-34(39(45)46)42-38(44)30-12-10-13-31(26-30)41-37(43)25-27-11-9-14-33(22-27)48-2/h9-20,22,24,26,34H,4-8,21,23,25H2,1-3H3,(H,41,43)(H,42,44)(H,45,46). The van der Waals surface area contributed by atoms with Crippen molar-refractivity contribution in [2.75, 3.05) is 26.1 Å². The fourth-order valence-electron chi connectivity index (χ4n) is 5.25. The number of nitrogens with one attached hydrogen (secondary N) is 2. The third-order valence-corrected chi connectivity index (χ3v) is 7.99.